The van der Waals surface area contributed by atoms with Crippen molar-refractivity contribution >= 4 is 56.0 Å². The lowest BCUT2D eigenvalue weighted by Crippen LogP contribution is -2.21. The molecule has 3 N–H and O–H groups in total. The second-order valence-corrected chi connectivity index (χ2v) is 10.6. The molecule has 0 bridgehead atoms. The minimum atomic E-state index is -3.95. The highest BCUT2D eigenvalue weighted by Gasteiger charge is 2.16. The lowest BCUT2D eigenvalue weighted by Gasteiger charge is -2.09. The summed E-state index contributed by atoms with van der Waals surface area (Å²) < 4.78 is 37.7. The summed E-state index contributed by atoms with van der Waals surface area (Å²) >= 11 is 5.66. The molecule has 2 aromatic heterocycles. The Morgan fingerprint density at radius 2 is 1.71 bits per heavy atom. The number of carbonyl (C=O) groups is 2. The first-order valence-electron chi connectivity index (χ1n) is 11.9. The molecule has 0 aliphatic heterocycles. The van der Waals surface area contributed by atoms with E-state index in [1.54, 1.807) is 25.3 Å². The number of amides is 1. The number of aromatic amines is 1. The maximum atomic E-state index is 12.6. The van der Waals surface area contributed by atoms with Gasteiger partial charge in [-0.15, -0.1) is 10.2 Å². The fraction of sp³-hybridized carbons (Fsp3) is 0.0741. The van der Waals surface area contributed by atoms with Crippen LogP contribution >= 0.6 is 11.6 Å². The van der Waals surface area contributed by atoms with E-state index in [2.05, 4.69) is 30.2 Å². The first-order chi connectivity index (χ1) is 19.7. The third kappa shape index (κ3) is 6.59. The average molecular weight is 593 g/mol. The van der Waals surface area contributed by atoms with Crippen molar-refractivity contribution < 1.29 is 27.5 Å². The standard InChI is InChI=1S/C27H21ClN6O6S/c1-39-19-7-2-16(3-8-19)26-30-21-11-4-17(14-22(21)31-26)27(36)40-15-25(35)29-18-5-9-20(10-6-18)41(37,38)34-24-13-12-23(28)32-33-24/h2-14H,15H2,1H3,(H,29,35)(H,30,31)(H,33,34). The van der Waals surface area contributed by atoms with Gasteiger partial charge in [0.15, 0.2) is 17.6 Å². The maximum absolute atomic E-state index is 12.6. The molecule has 5 rings (SSSR count). The van der Waals surface area contributed by atoms with Crippen molar-refractivity contribution in [1.82, 2.24) is 20.2 Å². The number of aromatic nitrogens is 4. The van der Waals surface area contributed by atoms with Gasteiger partial charge in [-0.2, -0.15) is 0 Å². The van der Waals surface area contributed by atoms with Crippen molar-refractivity contribution in [3.63, 3.8) is 0 Å². The van der Waals surface area contributed by atoms with Gasteiger partial charge in [0.1, 0.15) is 11.6 Å². The second kappa shape index (κ2) is 11.6. The van der Waals surface area contributed by atoms with Gasteiger partial charge >= 0.3 is 5.97 Å². The zero-order chi connectivity index (χ0) is 29.0. The number of benzene rings is 3. The third-order valence-corrected chi connectivity index (χ3v) is 7.31. The minimum Gasteiger partial charge on any atom is -0.497 e. The third-order valence-electron chi connectivity index (χ3n) is 5.73. The van der Waals surface area contributed by atoms with E-state index in [0.717, 1.165) is 11.3 Å². The Morgan fingerprint density at radius 3 is 2.39 bits per heavy atom. The van der Waals surface area contributed by atoms with E-state index in [1.807, 2.05) is 24.3 Å². The van der Waals surface area contributed by atoms with E-state index in [-0.39, 0.29) is 21.4 Å². The number of nitrogens with zero attached hydrogens (tertiary/aromatic N) is 3. The summed E-state index contributed by atoms with van der Waals surface area (Å²) in [7, 11) is -2.36. The van der Waals surface area contributed by atoms with Crippen LogP contribution in [0.4, 0.5) is 11.5 Å². The van der Waals surface area contributed by atoms with Crippen LogP contribution < -0.4 is 14.8 Å². The van der Waals surface area contributed by atoms with E-state index in [0.29, 0.717) is 22.5 Å². The number of rotatable bonds is 9. The van der Waals surface area contributed by atoms with Crippen molar-refractivity contribution in [3.05, 3.63) is 89.6 Å². The summed E-state index contributed by atoms with van der Waals surface area (Å²) in [6.07, 6.45) is 0. The Balaban J connectivity index is 1.17. The molecule has 0 aliphatic rings. The zero-order valence-corrected chi connectivity index (χ0v) is 22.9. The smallest absolute Gasteiger partial charge is 0.338 e. The summed E-state index contributed by atoms with van der Waals surface area (Å²) in [6, 6.07) is 20.4. The average Bonchev–Trinajstić information content (AvgIpc) is 3.41. The van der Waals surface area contributed by atoms with Crippen LogP contribution in [0.15, 0.2) is 83.8 Å². The van der Waals surface area contributed by atoms with E-state index < -0.39 is 28.5 Å². The van der Waals surface area contributed by atoms with Crippen molar-refractivity contribution in [2.24, 2.45) is 0 Å². The normalized spacial score (nSPS) is 11.2. The lowest BCUT2D eigenvalue weighted by molar-refractivity contribution is -0.119. The molecule has 208 valence electrons. The number of methoxy groups -OCH3 is 1. The van der Waals surface area contributed by atoms with Gasteiger partial charge in [-0.25, -0.2) is 18.2 Å². The monoisotopic (exact) mass is 592 g/mol. The molecule has 0 aliphatic carbocycles. The predicted molar refractivity (Wildman–Crippen MR) is 151 cm³/mol. The topological polar surface area (TPSA) is 165 Å². The number of halogens is 1. The molecule has 12 nitrogen and oxygen atoms in total. The molecule has 0 spiro atoms. The Hall–Kier alpha value is -5.01. The molecule has 0 saturated carbocycles. The van der Waals surface area contributed by atoms with Crippen molar-refractivity contribution in [3.8, 4) is 17.1 Å². The largest absolute Gasteiger partial charge is 0.497 e. The van der Waals surface area contributed by atoms with Gasteiger partial charge in [-0.05, 0) is 78.9 Å². The highest BCUT2D eigenvalue weighted by atomic mass is 35.5. The Bertz CT molecular complexity index is 1830. The highest BCUT2D eigenvalue weighted by Crippen LogP contribution is 2.24. The summed E-state index contributed by atoms with van der Waals surface area (Å²) in [6.45, 7) is -0.548. The van der Waals surface area contributed by atoms with Crippen LogP contribution in [-0.2, 0) is 19.6 Å². The number of H-pyrrole nitrogens is 1. The number of imidazole rings is 1. The maximum Gasteiger partial charge on any atom is 0.338 e. The number of fused-ring (bicyclic) bond motifs is 1. The first kappa shape index (κ1) is 27.6. The van der Waals surface area contributed by atoms with Crippen molar-refractivity contribution in [1.29, 1.82) is 0 Å². The van der Waals surface area contributed by atoms with E-state index >= 15 is 0 Å². The summed E-state index contributed by atoms with van der Waals surface area (Å²) in [5.41, 5.74) is 2.68. The van der Waals surface area contributed by atoms with Gasteiger partial charge < -0.3 is 19.8 Å². The fourth-order valence-corrected chi connectivity index (χ4v) is 4.82. The molecular formula is C27H21ClN6O6S. The number of sulfonamides is 1. The molecule has 5 aromatic rings. The van der Waals surface area contributed by atoms with Gasteiger partial charge in [-0.1, -0.05) is 11.6 Å². The molecule has 0 unspecified atom stereocenters. The van der Waals surface area contributed by atoms with E-state index in [4.69, 9.17) is 21.1 Å². The SMILES string of the molecule is COc1ccc(-c2nc3ccc(C(=O)OCC(=O)Nc4ccc(S(=O)(=O)Nc5ccc(Cl)nn5)cc4)cc3[nH]2)cc1. The molecular weight excluding hydrogens is 572 g/mol. The molecule has 3 aromatic carbocycles. The molecule has 0 radical (unpaired) electrons. The van der Waals surface area contributed by atoms with Gasteiger partial charge in [0.2, 0.25) is 0 Å². The Labute approximate surface area is 238 Å². The predicted octanol–water partition coefficient (Wildman–Crippen LogP) is 4.28. The Morgan fingerprint density at radius 1 is 0.951 bits per heavy atom. The molecule has 41 heavy (non-hydrogen) atoms. The molecule has 2 heterocycles. The number of hydrogen-bond acceptors (Lipinski definition) is 9. The zero-order valence-electron chi connectivity index (χ0n) is 21.3. The van der Waals surface area contributed by atoms with Crippen LogP contribution in [0.25, 0.3) is 22.4 Å². The molecule has 0 saturated heterocycles. The lowest BCUT2D eigenvalue weighted by atomic mass is 10.2. The van der Waals surface area contributed by atoms with E-state index in [9.17, 15) is 18.0 Å². The van der Waals surface area contributed by atoms with Gasteiger partial charge in [-0.3, -0.25) is 9.52 Å². The van der Waals surface area contributed by atoms with Crippen LogP contribution in [0.1, 0.15) is 10.4 Å². The van der Waals surface area contributed by atoms with Gasteiger partial charge in [0.05, 0.1) is 28.6 Å². The molecule has 1 amide bonds. The van der Waals surface area contributed by atoms with Crippen LogP contribution in [0.3, 0.4) is 0 Å². The number of carbonyl (C=O) groups excluding carboxylic acids is 2. The minimum absolute atomic E-state index is 0.00190. The fourth-order valence-electron chi connectivity index (χ4n) is 3.72. The Kier molecular flexibility index (Phi) is 7.81. The number of hydrogen-bond donors (Lipinski definition) is 3. The first-order valence-corrected chi connectivity index (χ1v) is 13.8. The number of esters is 1. The van der Waals surface area contributed by atoms with Crippen LogP contribution in [0.5, 0.6) is 5.75 Å². The van der Waals surface area contributed by atoms with Crippen LogP contribution in [0, 0.1) is 0 Å². The van der Waals surface area contributed by atoms with Gasteiger partial charge in [0, 0.05) is 11.3 Å². The number of nitrogens with one attached hydrogen (secondary N) is 3. The number of anilines is 2. The molecule has 14 heteroatoms. The van der Waals surface area contributed by atoms with Crippen molar-refractivity contribution in [2.75, 3.05) is 23.8 Å². The van der Waals surface area contributed by atoms with Crippen LogP contribution in [0.2, 0.25) is 5.15 Å². The van der Waals surface area contributed by atoms with Crippen molar-refractivity contribution in [2.45, 2.75) is 4.90 Å². The van der Waals surface area contributed by atoms with E-state index in [1.165, 1.54) is 36.4 Å². The highest BCUT2D eigenvalue weighted by molar-refractivity contribution is 7.92. The summed E-state index contributed by atoms with van der Waals surface area (Å²) in [4.78, 5) is 32.6. The van der Waals surface area contributed by atoms with Gasteiger partial charge in [0.25, 0.3) is 15.9 Å². The quantitative estimate of drug-likeness (QED) is 0.212. The molecule has 0 atom stereocenters. The molecule has 0 fully saturated rings. The second-order valence-electron chi connectivity index (χ2n) is 8.54. The summed E-state index contributed by atoms with van der Waals surface area (Å²) in [5.74, 6) is 0.0503. The number of ether oxygens (including phenoxy) is 2. The van der Waals surface area contributed by atoms with Crippen LogP contribution in [-0.4, -0.2) is 54.2 Å². The summed E-state index contributed by atoms with van der Waals surface area (Å²) in [5, 5.41) is 9.91.